The maximum Gasteiger partial charge on any atom is 0.0410 e. The lowest BCUT2D eigenvalue weighted by Gasteiger charge is -2.55. The smallest absolute Gasteiger partial charge is 0.0410 e. The van der Waals surface area contributed by atoms with E-state index in [0.717, 1.165) is 36.0 Å². The molecule has 5 rings (SSSR count). The highest BCUT2D eigenvalue weighted by atomic mass is 35.5. The van der Waals surface area contributed by atoms with Crippen LogP contribution >= 0.6 is 22.9 Å². The van der Waals surface area contributed by atoms with Crippen LogP contribution in [0.15, 0.2) is 16.8 Å². The normalized spacial score (nSPS) is 43.3. The fourth-order valence-electron chi connectivity index (χ4n) is 5.33. The van der Waals surface area contributed by atoms with E-state index in [9.17, 15) is 0 Å². The van der Waals surface area contributed by atoms with Crippen molar-refractivity contribution in [1.82, 2.24) is 0 Å². The fourth-order valence-corrected chi connectivity index (χ4v) is 6.60. The second-order valence-electron chi connectivity index (χ2n) is 6.86. The van der Waals surface area contributed by atoms with Crippen LogP contribution in [-0.2, 0) is 6.42 Å². The molecule has 18 heavy (non-hydrogen) atoms. The van der Waals surface area contributed by atoms with Crippen molar-refractivity contribution >= 4 is 22.9 Å². The van der Waals surface area contributed by atoms with E-state index in [1.54, 1.807) is 11.3 Å². The molecule has 1 atom stereocenters. The van der Waals surface area contributed by atoms with Crippen molar-refractivity contribution in [1.29, 1.82) is 0 Å². The topological polar surface area (TPSA) is 0 Å². The molecule has 4 saturated carbocycles. The van der Waals surface area contributed by atoms with Crippen molar-refractivity contribution in [2.45, 2.75) is 43.9 Å². The van der Waals surface area contributed by atoms with Gasteiger partial charge in [0, 0.05) is 5.38 Å². The standard InChI is InChI=1S/C16H21ClS/c17-15(8-10-1-2-18-9-10)16-13-4-11-3-12(6-13)7-14(16)5-11/h1-2,9,11-16H,3-8H2. The second-order valence-corrected chi connectivity index (χ2v) is 8.20. The summed E-state index contributed by atoms with van der Waals surface area (Å²) in [6.07, 6.45) is 8.60. The second kappa shape index (κ2) is 4.52. The average molecular weight is 281 g/mol. The third-order valence-corrected chi connectivity index (χ3v) is 6.91. The summed E-state index contributed by atoms with van der Waals surface area (Å²) in [7, 11) is 0. The molecule has 4 bridgehead atoms. The van der Waals surface area contributed by atoms with E-state index in [4.69, 9.17) is 11.6 Å². The molecule has 0 aliphatic heterocycles. The third-order valence-electron chi connectivity index (χ3n) is 5.73. The maximum atomic E-state index is 6.82. The lowest BCUT2D eigenvalue weighted by molar-refractivity contribution is -0.0376. The number of hydrogen-bond acceptors (Lipinski definition) is 1. The summed E-state index contributed by atoms with van der Waals surface area (Å²) in [6, 6.07) is 2.25. The van der Waals surface area contributed by atoms with Gasteiger partial charge in [0.1, 0.15) is 0 Å². The molecule has 0 spiro atoms. The molecule has 4 aliphatic carbocycles. The minimum absolute atomic E-state index is 0.384. The predicted molar refractivity (Wildman–Crippen MR) is 78.2 cm³/mol. The minimum Gasteiger partial charge on any atom is -0.152 e. The first-order valence-corrected chi connectivity index (χ1v) is 8.82. The maximum absolute atomic E-state index is 6.82. The summed E-state index contributed by atoms with van der Waals surface area (Å²) in [5.41, 5.74) is 1.45. The van der Waals surface area contributed by atoms with E-state index in [2.05, 4.69) is 16.8 Å². The Balaban J connectivity index is 1.50. The first-order valence-electron chi connectivity index (χ1n) is 7.44. The van der Waals surface area contributed by atoms with Crippen LogP contribution in [0.5, 0.6) is 0 Å². The molecule has 0 nitrogen and oxygen atoms in total. The zero-order valence-corrected chi connectivity index (χ0v) is 12.3. The molecule has 4 fully saturated rings. The van der Waals surface area contributed by atoms with Gasteiger partial charge in [-0.05, 0) is 90.5 Å². The Labute approximate surface area is 119 Å². The molecule has 0 saturated heterocycles. The lowest BCUT2D eigenvalue weighted by atomic mass is 9.51. The van der Waals surface area contributed by atoms with Gasteiger partial charge in [-0.1, -0.05) is 0 Å². The predicted octanol–water partition coefficient (Wildman–Crippen LogP) is 4.97. The number of rotatable bonds is 3. The first-order chi connectivity index (χ1) is 8.79. The molecule has 1 aromatic rings. The van der Waals surface area contributed by atoms with Crippen molar-refractivity contribution in [3.63, 3.8) is 0 Å². The monoisotopic (exact) mass is 280 g/mol. The van der Waals surface area contributed by atoms with Gasteiger partial charge in [0.2, 0.25) is 0 Å². The van der Waals surface area contributed by atoms with Gasteiger partial charge in [-0.3, -0.25) is 0 Å². The van der Waals surface area contributed by atoms with Crippen LogP contribution in [0.2, 0.25) is 0 Å². The van der Waals surface area contributed by atoms with Crippen molar-refractivity contribution in [3.05, 3.63) is 22.4 Å². The zero-order valence-electron chi connectivity index (χ0n) is 10.7. The lowest BCUT2D eigenvalue weighted by Crippen LogP contribution is -2.48. The van der Waals surface area contributed by atoms with Crippen LogP contribution in [0.25, 0.3) is 0 Å². The SMILES string of the molecule is ClC(Cc1ccsc1)C1C2CC3CC(C2)CC1C3. The summed E-state index contributed by atoms with van der Waals surface area (Å²) in [6.45, 7) is 0. The van der Waals surface area contributed by atoms with E-state index in [-0.39, 0.29) is 0 Å². The number of halogens is 1. The van der Waals surface area contributed by atoms with E-state index in [1.165, 1.54) is 37.7 Å². The van der Waals surface area contributed by atoms with Crippen LogP contribution in [0.1, 0.15) is 37.7 Å². The van der Waals surface area contributed by atoms with E-state index >= 15 is 0 Å². The molecule has 4 aliphatic rings. The van der Waals surface area contributed by atoms with Crippen LogP contribution < -0.4 is 0 Å². The van der Waals surface area contributed by atoms with Crippen molar-refractivity contribution in [2.75, 3.05) is 0 Å². The van der Waals surface area contributed by atoms with Gasteiger partial charge in [0.15, 0.2) is 0 Å². The molecule has 0 radical (unpaired) electrons. The fraction of sp³-hybridized carbons (Fsp3) is 0.750. The van der Waals surface area contributed by atoms with Gasteiger partial charge in [-0.2, -0.15) is 11.3 Å². The summed E-state index contributed by atoms with van der Waals surface area (Å²) < 4.78 is 0. The average Bonchev–Trinajstić information content (AvgIpc) is 2.80. The van der Waals surface area contributed by atoms with Crippen molar-refractivity contribution in [2.24, 2.45) is 29.6 Å². The van der Waals surface area contributed by atoms with E-state index in [1.807, 2.05) is 0 Å². The molecule has 98 valence electrons. The van der Waals surface area contributed by atoms with E-state index < -0.39 is 0 Å². The van der Waals surface area contributed by atoms with Crippen LogP contribution in [0, 0.1) is 29.6 Å². The van der Waals surface area contributed by atoms with Gasteiger partial charge in [-0.25, -0.2) is 0 Å². The summed E-state index contributed by atoms with van der Waals surface area (Å²) in [4.78, 5) is 0. The van der Waals surface area contributed by atoms with Crippen LogP contribution in [0.3, 0.4) is 0 Å². The Bertz CT molecular complexity index is 383. The number of thiophene rings is 1. The highest BCUT2D eigenvalue weighted by Crippen LogP contribution is 2.58. The quantitative estimate of drug-likeness (QED) is 0.686. The first kappa shape index (κ1) is 11.8. The molecule has 1 heterocycles. The molecular formula is C16H21ClS. The van der Waals surface area contributed by atoms with Crippen LogP contribution in [0.4, 0.5) is 0 Å². The summed E-state index contributed by atoms with van der Waals surface area (Å²) >= 11 is 8.62. The minimum atomic E-state index is 0.384. The van der Waals surface area contributed by atoms with Gasteiger partial charge in [-0.15, -0.1) is 11.6 Å². The molecular weight excluding hydrogens is 260 g/mol. The van der Waals surface area contributed by atoms with Gasteiger partial charge in [0.25, 0.3) is 0 Å². The number of alkyl halides is 1. The van der Waals surface area contributed by atoms with Crippen LogP contribution in [-0.4, -0.2) is 5.38 Å². The Hall–Kier alpha value is -0.0100. The Kier molecular flexibility index (Phi) is 2.96. The molecule has 1 unspecified atom stereocenters. The van der Waals surface area contributed by atoms with Gasteiger partial charge < -0.3 is 0 Å². The highest BCUT2D eigenvalue weighted by molar-refractivity contribution is 7.07. The molecule has 2 heteroatoms. The highest BCUT2D eigenvalue weighted by Gasteiger charge is 2.50. The summed E-state index contributed by atoms with van der Waals surface area (Å²) in [5, 5.41) is 4.83. The summed E-state index contributed by atoms with van der Waals surface area (Å²) in [5.74, 6) is 4.87. The molecule has 1 aromatic heterocycles. The Morgan fingerprint density at radius 1 is 1.11 bits per heavy atom. The molecule has 0 N–H and O–H groups in total. The zero-order chi connectivity index (χ0) is 12.1. The largest absolute Gasteiger partial charge is 0.152 e. The molecule has 0 aromatic carbocycles. The van der Waals surface area contributed by atoms with Crippen molar-refractivity contribution < 1.29 is 0 Å². The van der Waals surface area contributed by atoms with Gasteiger partial charge >= 0.3 is 0 Å². The number of hydrogen-bond donors (Lipinski definition) is 0. The molecule has 0 amide bonds. The Morgan fingerprint density at radius 2 is 1.78 bits per heavy atom. The van der Waals surface area contributed by atoms with E-state index in [0.29, 0.717) is 5.38 Å². The van der Waals surface area contributed by atoms with Gasteiger partial charge in [0.05, 0.1) is 0 Å². The third kappa shape index (κ3) is 1.94. The Morgan fingerprint density at radius 3 is 2.33 bits per heavy atom. The van der Waals surface area contributed by atoms with Crippen molar-refractivity contribution in [3.8, 4) is 0 Å².